The highest BCUT2D eigenvalue weighted by Gasteiger charge is 2.12. The Bertz CT molecular complexity index is 595. The number of fused-ring (bicyclic) bond motifs is 1. The summed E-state index contributed by atoms with van der Waals surface area (Å²) in [4.78, 5) is 14.3. The van der Waals surface area contributed by atoms with Gasteiger partial charge in [0, 0.05) is 17.6 Å². The maximum Gasteiger partial charge on any atom is 0.255 e. The number of H-pyrrole nitrogens is 1. The quantitative estimate of drug-likeness (QED) is 0.877. The number of hydrogen-bond acceptors (Lipinski definition) is 2. The van der Waals surface area contributed by atoms with Gasteiger partial charge < -0.3 is 10.3 Å². The highest BCUT2D eigenvalue weighted by Crippen LogP contribution is 2.20. The first-order chi connectivity index (χ1) is 8.59. The van der Waals surface area contributed by atoms with E-state index in [9.17, 15) is 13.6 Å². The summed E-state index contributed by atoms with van der Waals surface area (Å²) in [5.74, 6) is 0. The minimum Gasteiger partial charge on any atom is -0.328 e. The van der Waals surface area contributed by atoms with E-state index < -0.39 is 6.43 Å². The van der Waals surface area contributed by atoms with Crippen LogP contribution < -0.4 is 10.9 Å². The fourth-order valence-corrected chi connectivity index (χ4v) is 1.97. The Hall–Kier alpha value is -1.75. The number of nitrogens with one attached hydrogen (secondary N) is 2. The third-order valence-corrected chi connectivity index (χ3v) is 2.89. The first-order valence-corrected chi connectivity index (χ1v) is 5.71. The largest absolute Gasteiger partial charge is 0.328 e. The van der Waals surface area contributed by atoms with Gasteiger partial charge in [-0.2, -0.15) is 0 Å². The highest BCUT2D eigenvalue weighted by molar-refractivity contribution is 5.84. The standard InChI is InChI=1S/C13H14F2N2O/c1-8(16-7-12(14)15)11-6-17-13(18)10-5-3-2-4-9(10)11/h2-6,8,12,16H,7H2,1H3,(H,17,18). The Balaban J connectivity index is 2.39. The molecule has 2 rings (SSSR count). The van der Waals surface area contributed by atoms with Crippen LogP contribution in [0.4, 0.5) is 8.78 Å². The summed E-state index contributed by atoms with van der Waals surface area (Å²) in [6, 6.07) is 6.89. The van der Waals surface area contributed by atoms with Gasteiger partial charge in [-0.15, -0.1) is 0 Å². The third-order valence-electron chi connectivity index (χ3n) is 2.89. The SMILES string of the molecule is CC(NCC(F)F)c1c[nH]c(=O)c2ccccc12. The predicted octanol–water partition coefficient (Wildman–Crippen LogP) is 2.44. The molecule has 1 aromatic heterocycles. The molecule has 0 spiro atoms. The Kier molecular flexibility index (Phi) is 3.72. The molecule has 5 heteroatoms. The van der Waals surface area contributed by atoms with Crippen molar-refractivity contribution in [3.8, 4) is 0 Å². The number of aromatic amines is 1. The smallest absolute Gasteiger partial charge is 0.255 e. The Morgan fingerprint density at radius 1 is 1.28 bits per heavy atom. The van der Waals surface area contributed by atoms with Gasteiger partial charge in [0.25, 0.3) is 12.0 Å². The number of rotatable bonds is 4. The van der Waals surface area contributed by atoms with Crippen molar-refractivity contribution in [2.75, 3.05) is 6.54 Å². The van der Waals surface area contributed by atoms with Crippen molar-refractivity contribution in [3.63, 3.8) is 0 Å². The van der Waals surface area contributed by atoms with Crippen molar-refractivity contribution >= 4 is 10.8 Å². The van der Waals surface area contributed by atoms with Gasteiger partial charge in [-0.05, 0) is 23.9 Å². The fraction of sp³-hybridized carbons (Fsp3) is 0.308. The lowest BCUT2D eigenvalue weighted by atomic mass is 10.0. The van der Waals surface area contributed by atoms with E-state index >= 15 is 0 Å². The molecule has 2 N–H and O–H groups in total. The van der Waals surface area contributed by atoms with Crippen LogP contribution in [0.1, 0.15) is 18.5 Å². The second kappa shape index (κ2) is 5.27. The molecule has 96 valence electrons. The molecular weight excluding hydrogens is 238 g/mol. The molecule has 1 heterocycles. The monoisotopic (exact) mass is 252 g/mol. The summed E-state index contributed by atoms with van der Waals surface area (Å²) < 4.78 is 24.3. The van der Waals surface area contributed by atoms with Crippen LogP contribution in [-0.4, -0.2) is 18.0 Å². The number of benzene rings is 1. The first kappa shape index (κ1) is 12.7. The molecule has 0 aliphatic heterocycles. The average Bonchev–Trinajstić information content (AvgIpc) is 2.37. The Labute approximate surface area is 103 Å². The minimum atomic E-state index is -2.39. The second-order valence-electron chi connectivity index (χ2n) is 4.14. The van der Waals surface area contributed by atoms with Crippen molar-refractivity contribution < 1.29 is 8.78 Å². The summed E-state index contributed by atoms with van der Waals surface area (Å²) in [6.45, 7) is 1.43. The van der Waals surface area contributed by atoms with Gasteiger partial charge in [-0.3, -0.25) is 4.79 Å². The zero-order valence-corrected chi connectivity index (χ0v) is 9.91. The van der Waals surface area contributed by atoms with Crippen LogP contribution in [0.3, 0.4) is 0 Å². The molecule has 0 fully saturated rings. The van der Waals surface area contributed by atoms with Crippen LogP contribution in [0.15, 0.2) is 35.3 Å². The maximum absolute atomic E-state index is 12.2. The molecule has 1 aromatic carbocycles. The van der Waals surface area contributed by atoms with Gasteiger partial charge in [0.2, 0.25) is 0 Å². The van der Waals surface area contributed by atoms with Crippen LogP contribution in [0.5, 0.6) is 0 Å². The molecule has 0 amide bonds. The molecule has 0 saturated heterocycles. The van der Waals surface area contributed by atoms with E-state index in [1.807, 2.05) is 12.1 Å². The molecule has 0 radical (unpaired) electrons. The van der Waals surface area contributed by atoms with Gasteiger partial charge in [0.15, 0.2) is 0 Å². The van der Waals surface area contributed by atoms with E-state index in [0.717, 1.165) is 10.9 Å². The van der Waals surface area contributed by atoms with Crippen molar-refractivity contribution in [1.82, 2.24) is 10.3 Å². The topological polar surface area (TPSA) is 44.9 Å². The lowest BCUT2D eigenvalue weighted by Crippen LogP contribution is -2.25. The van der Waals surface area contributed by atoms with E-state index in [4.69, 9.17) is 0 Å². The first-order valence-electron chi connectivity index (χ1n) is 5.71. The van der Waals surface area contributed by atoms with Gasteiger partial charge in [-0.1, -0.05) is 18.2 Å². The molecular formula is C13H14F2N2O. The number of alkyl halides is 2. The number of halogens is 2. The Morgan fingerprint density at radius 2 is 1.94 bits per heavy atom. The van der Waals surface area contributed by atoms with Crippen LogP contribution in [0, 0.1) is 0 Å². The number of pyridine rings is 1. The Morgan fingerprint density at radius 3 is 2.61 bits per heavy atom. The molecule has 0 bridgehead atoms. The van der Waals surface area contributed by atoms with Gasteiger partial charge in [0.1, 0.15) is 0 Å². The normalized spacial score (nSPS) is 13.1. The van der Waals surface area contributed by atoms with E-state index in [1.54, 1.807) is 25.3 Å². The molecule has 2 aromatic rings. The molecule has 18 heavy (non-hydrogen) atoms. The zero-order chi connectivity index (χ0) is 13.1. The summed E-state index contributed by atoms with van der Waals surface area (Å²) in [7, 11) is 0. The van der Waals surface area contributed by atoms with Crippen molar-refractivity contribution in [1.29, 1.82) is 0 Å². The van der Waals surface area contributed by atoms with Crippen LogP contribution >= 0.6 is 0 Å². The summed E-state index contributed by atoms with van der Waals surface area (Å²) >= 11 is 0. The van der Waals surface area contributed by atoms with Crippen LogP contribution in [0.2, 0.25) is 0 Å². The fourth-order valence-electron chi connectivity index (χ4n) is 1.97. The zero-order valence-electron chi connectivity index (χ0n) is 9.91. The third kappa shape index (κ3) is 2.56. The van der Waals surface area contributed by atoms with E-state index in [0.29, 0.717) is 5.39 Å². The predicted molar refractivity (Wildman–Crippen MR) is 67.0 cm³/mol. The maximum atomic E-state index is 12.2. The van der Waals surface area contributed by atoms with Gasteiger partial charge in [-0.25, -0.2) is 8.78 Å². The molecule has 0 aliphatic carbocycles. The lowest BCUT2D eigenvalue weighted by molar-refractivity contribution is 0.142. The van der Waals surface area contributed by atoms with Gasteiger partial charge in [0.05, 0.1) is 6.54 Å². The average molecular weight is 252 g/mol. The van der Waals surface area contributed by atoms with E-state index in [2.05, 4.69) is 10.3 Å². The van der Waals surface area contributed by atoms with Crippen molar-refractivity contribution in [2.45, 2.75) is 19.4 Å². The molecule has 1 atom stereocenters. The molecule has 3 nitrogen and oxygen atoms in total. The summed E-state index contributed by atoms with van der Waals surface area (Å²) in [6.07, 6.45) is -0.810. The number of hydrogen-bond donors (Lipinski definition) is 2. The van der Waals surface area contributed by atoms with E-state index in [-0.39, 0.29) is 18.1 Å². The van der Waals surface area contributed by atoms with Crippen molar-refractivity contribution in [3.05, 3.63) is 46.4 Å². The number of aromatic nitrogens is 1. The molecule has 0 aliphatic rings. The minimum absolute atomic E-state index is 0.171. The van der Waals surface area contributed by atoms with Crippen molar-refractivity contribution in [2.24, 2.45) is 0 Å². The molecule has 0 saturated carbocycles. The highest BCUT2D eigenvalue weighted by atomic mass is 19.3. The molecule has 1 unspecified atom stereocenters. The van der Waals surface area contributed by atoms with Crippen LogP contribution in [0.25, 0.3) is 10.8 Å². The summed E-state index contributed by atoms with van der Waals surface area (Å²) in [5.41, 5.74) is 0.640. The lowest BCUT2D eigenvalue weighted by Gasteiger charge is -2.15. The van der Waals surface area contributed by atoms with Crippen LogP contribution in [-0.2, 0) is 0 Å². The van der Waals surface area contributed by atoms with E-state index in [1.165, 1.54) is 0 Å². The van der Waals surface area contributed by atoms with Gasteiger partial charge >= 0.3 is 0 Å². The summed E-state index contributed by atoms with van der Waals surface area (Å²) in [5, 5.41) is 4.10. The second-order valence-corrected chi connectivity index (χ2v) is 4.14.